The molecule has 7 nitrogen and oxygen atoms in total. The fourth-order valence-electron chi connectivity index (χ4n) is 5.04. The molecule has 2 aliphatic heterocycles. The van der Waals surface area contributed by atoms with E-state index < -0.39 is 5.97 Å². The molecule has 0 spiro atoms. The molecular formula is C35H51N3O4. The molecule has 2 amide bonds. The Morgan fingerprint density at radius 1 is 0.762 bits per heavy atom. The summed E-state index contributed by atoms with van der Waals surface area (Å²) in [5, 5.41) is 2.86. The Hall–Kier alpha value is -3.45. The van der Waals surface area contributed by atoms with E-state index in [1.54, 1.807) is 0 Å². The van der Waals surface area contributed by atoms with Crippen LogP contribution in [0.5, 0.6) is 0 Å². The van der Waals surface area contributed by atoms with E-state index in [0.29, 0.717) is 24.9 Å². The van der Waals surface area contributed by atoms with Gasteiger partial charge < -0.3 is 15.0 Å². The van der Waals surface area contributed by atoms with Crippen molar-refractivity contribution in [2.24, 2.45) is 5.92 Å². The standard InChI is InChI=1S/C35H51N3O4/c1-3-4-5-6-7-8-9-10-11-12-13-14-15-16-17-18-19-20-21-22-34(40)38-26-25-37-29-31(27-32(37)30-38)28-36-33(39)23-24-35(41)42-2/h4-5,7-8,10-11,13-14,16-17,19-20,23-24,31-32H,3,6,9,12,15,18,21-22,25-30H2,1-2H3,(H,36,39). The highest BCUT2D eigenvalue weighted by Crippen LogP contribution is 2.26. The van der Waals surface area contributed by atoms with Crippen LogP contribution in [0.25, 0.3) is 0 Å². The highest BCUT2D eigenvalue weighted by Gasteiger charge is 2.37. The molecule has 0 aromatic heterocycles. The Morgan fingerprint density at radius 3 is 1.90 bits per heavy atom. The summed E-state index contributed by atoms with van der Waals surface area (Å²) < 4.78 is 4.50. The molecule has 2 atom stereocenters. The molecule has 2 fully saturated rings. The molecule has 7 heteroatoms. The average molecular weight is 578 g/mol. The van der Waals surface area contributed by atoms with Crippen LogP contribution in [0.3, 0.4) is 0 Å². The number of carbonyl (C=O) groups is 3. The van der Waals surface area contributed by atoms with Gasteiger partial charge in [0.2, 0.25) is 11.8 Å². The summed E-state index contributed by atoms with van der Waals surface area (Å²) in [7, 11) is 1.28. The topological polar surface area (TPSA) is 79.0 Å². The molecule has 2 aliphatic rings. The smallest absolute Gasteiger partial charge is 0.330 e. The lowest BCUT2D eigenvalue weighted by molar-refractivity contribution is -0.135. The lowest BCUT2D eigenvalue weighted by Crippen LogP contribution is -2.52. The van der Waals surface area contributed by atoms with Gasteiger partial charge in [-0.25, -0.2) is 4.79 Å². The number of esters is 1. The van der Waals surface area contributed by atoms with Crippen molar-refractivity contribution in [1.29, 1.82) is 0 Å². The number of allylic oxidation sites excluding steroid dienone is 12. The molecule has 0 radical (unpaired) electrons. The van der Waals surface area contributed by atoms with Gasteiger partial charge in [0.25, 0.3) is 0 Å². The number of nitrogens with one attached hydrogen (secondary N) is 1. The minimum Gasteiger partial charge on any atom is -0.466 e. The Balaban J connectivity index is 1.52. The molecule has 2 heterocycles. The van der Waals surface area contributed by atoms with Crippen molar-refractivity contribution in [2.75, 3.05) is 39.8 Å². The van der Waals surface area contributed by atoms with Gasteiger partial charge >= 0.3 is 5.97 Å². The maximum atomic E-state index is 12.8. The Morgan fingerprint density at radius 2 is 1.33 bits per heavy atom. The van der Waals surface area contributed by atoms with Crippen LogP contribution in [0.15, 0.2) is 85.1 Å². The number of piperazine rings is 1. The fourth-order valence-corrected chi connectivity index (χ4v) is 5.04. The van der Waals surface area contributed by atoms with Crippen LogP contribution >= 0.6 is 0 Å². The molecule has 42 heavy (non-hydrogen) atoms. The second kappa shape index (κ2) is 22.2. The lowest BCUT2D eigenvalue weighted by Gasteiger charge is -2.37. The van der Waals surface area contributed by atoms with Crippen LogP contribution in [0.1, 0.15) is 64.7 Å². The number of nitrogens with zero attached hydrogens (tertiary/aromatic N) is 2. The van der Waals surface area contributed by atoms with E-state index in [0.717, 1.165) is 83.6 Å². The summed E-state index contributed by atoms with van der Waals surface area (Å²) in [6, 6.07) is 0.348. The second-order valence-electron chi connectivity index (χ2n) is 10.6. The second-order valence-corrected chi connectivity index (χ2v) is 10.6. The van der Waals surface area contributed by atoms with E-state index in [4.69, 9.17) is 0 Å². The Labute approximate surface area is 253 Å². The molecule has 0 saturated carbocycles. The average Bonchev–Trinajstić information content (AvgIpc) is 3.42. The minimum atomic E-state index is -0.547. The quantitative estimate of drug-likeness (QED) is 0.126. The van der Waals surface area contributed by atoms with Crippen molar-refractivity contribution in [1.82, 2.24) is 15.1 Å². The monoisotopic (exact) mass is 577 g/mol. The molecule has 2 saturated heterocycles. The van der Waals surface area contributed by atoms with Crippen LogP contribution in [-0.4, -0.2) is 73.5 Å². The number of hydrogen-bond acceptors (Lipinski definition) is 5. The molecule has 230 valence electrons. The van der Waals surface area contributed by atoms with Crippen molar-refractivity contribution in [3.05, 3.63) is 85.1 Å². The number of rotatable bonds is 18. The summed E-state index contributed by atoms with van der Waals surface area (Å²) in [6.45, 7) is 6.04. The highest BCUT2D eigenvalue weighted by atomic mass is 16.5. The van der Waals surface area contributed by atoms with Crippen LogP contribution in [0.2, 0.25) is 0 Å². The summed E-state index contributed by atoms with van der Waals surface area (Å²) in [5.41, 5.74) is 0. The summed E-state index contributed by atoms with van der Waals surface area (Å²) in [5.74, 6) is -0.275. The maximum absolute atomic E-state index is 12.8. The van der Waals surface area contributed by atoms with Crippen molar-refractivity contribution < 1.29 is 19.1 Å². The van der Waals surface area contributed by atoms with E-state index >= 15 is 0 Å². The number of ether oxygens (including phenoxy) is 1. The normalized spacial score (nSPS) is 20.0. The van der Waals surface area contributed by atoms with Crippen LogP contribution in [0, 0.1) is 5.92 Å². The predicted octanol–water partition coefficient (Wildman–Crippen LogP) is 5.84. The van der Waals surface area contributed by atoms with Gasteiger partial charge in [-0.3, -0.25) is 14.5 Å². The van der Waals surface area contributed by atoms with Crippen molar-refractivity contribution in [3.63, 3.8) is 0 Å². The minimum absolute atomic E-state index is 0.221. The number of methoxy groups -OCH3 is 1. The number of hydrogen-bond donors (Lipinski definition) is 1. The number of carbonyl (C=O) groups excluding carboxylic acids is 3. The molecule has 1 N–H and O–H groups in total. The van der Waals surface area contributed by atoms with Gasteiger partial charge in [0.05, 0.1) is 7.11 Å². The first-order valence-electron chi connectivity index (χ1n) is 15.5. The fraction of sp³-hybridized carbons (Fsp3) is 0.514. The third kappa shape index (κ3) is 15.5. The molecule has 2 unspecified atom stereocenters. The number of amides is 2. The first-order chi connectivity index (χ1) is 20.5. The van der Waals surface area contributed by atoms with E-state index in [2.05, 4.69) is 94.8 Å². The van der Waals surface area contributed by atoms with E-state index in [-0.39, 0.29) is 11.8 Å². The van der Waals surface area contributed by atoms with Gasteiger partial charge in [0.1, 0.15) is 0 Å². The summed E-state index contributed by atoms with van der Waals surface area (Å²) in [6.07, 6.45) is 36.7. The third-order valence-electron chi connectivity index (χ3n) is 7.31. The highest BCUT2D eigenvalue weighted by molar-refractivity contribution is 5.94. The summed E-state index contributed by atoms with van der Waals surface area (Å²) >= 11 is 0. The summed E-state index contributed by atoms with van der Waals surface area (Å²) in [4.78, 5) is 40.2. The van der Waals surface area contributed by atoms with Crippen LogP contribution < -0.4 is 5.32 Å². The van der Waals surface area contributed by atoms with Gasteiger partial charge in [-0.15, -0.1) is 0 Å². The van der Waals surface area contributed by atoms with Crippen molar-refractivity contribution in [2.45, 2.75) is 70.8 Å². The molecule has 0 aromatic rings. The Bertz CT molecular complexity index is 1020. The zero-order valence-corrected chi connectivity index (χ0v) is 25.7. The molecule has 2 rings (SSSR count). The van der Waals surface area contributed by atoms with E-state index in [1.807, 2.05) is 4.90 Å². The zero-order valence-electron chi connectivity index (χ0n) is 25.7. The third-order valence-corrected chi connectivity index (χ3v) is 7.31. The van der Waals surface area contributed by atoms with Crippen molar-refractivity contribution >= 4 is 17.8 Å². The number of fused-ring (bicyclic) bond motifs is 1. The van der Waals surface area contributed by atoms with Gasteiger partial charge in [-0.05, 0) is 57.3 Å². The molecular weight excluding hydrogens is 526 g/mol. The van der Waals surface area contributed by atoms with Gasteiger partial charge in [0, 0.05) is 57.3 Å². The van der Waals surface area contributed by atoms with Gasteiger partial charge in [-0.1, -0.05) is 79.8 Å². The first kappa shape index (κ1) is 34.7. The molecule has 0 bridgehead atoms. The first-order valence-corrected chi connectivity index (χ1v) is 15.5. The molecule has 0 aromatic carbocycles. The lowest BCUT2D eigenvalue weighted by atomic mass is 10.0. The van der Waals surface area contributed by atoms with Gasteiger partial charge in [-0.2, -0.15) is 0 Å². The zero-order chi connectivity index (χ0) is 30.3. The van der Waals surface area contributed by atoms with Crippen LogP contribution in [-0.2, 0) is 19.1 Å². The molecule has 0 aliphatic carbocycles. The maximum Gasteiger partial charge on any atom is 0.330 e. The van der Waals surface area contributed by atoms with Crippen molar-refractivity contribution in [3.8, 4) is 0 Å². The van der Waals surface area contributed by atoms with Gasteiger partial charge in [0.15, 0.2) is 0 Å². The largest absolute Gasteiger partial charge is 0.466 e. The predicted molar refractivity (Wildman–Crippen MR) is 172 cm³/mol. The van der Waals surface area contributed by atoms with Crippen LogP contribution in [0.4, 0.5) is 0 Å². The van der Waals surface area contributed by atoms with E-state index in [9.17, 15) is 14.4 Å². The SMILES string of the molecule is CCC=CCC=CCC=CCC=CCC=CCC=CCCC(=O)N1CCN2CC(CNC(=O)C=CC(=O)OC)CC2C1. The van der Waals surface area contributed by atoms with E-state index in [1.165, 1.54) is 13.2 Å². The Kier molecular flexibility index (Phi) is 18.4.